The predicted molar refractivity (Wildman–Crippen MR) is 203 cm³/mol. The van der Waals surface area contributed by atoms with Crippen molar-refractivity contribution in [2.24, 2.45) is 0 Å². The molecule has 0 heterocycles. The van der Waals surface area contributed by atoms with Gasteiger partial charge >= 0.3 is 23.3 Å². The smallest absolute Gasteiger partial charge is 0.287 e. The average molecular weight is 658 g/mol. The number of para-hydroxylation sites is 1. The highest BCUT2D eigenvalue weighted by Gasteiger charge is 2.40. The minimum absolute atomic E-state index is 0.108. The molecule has 0 aliphatic carbocycles. The summed E-state index contributed by atoms with van der Waals surface area (Å²) in [6.07, 6.45) is 0. The third-order valence-electron chi connectivity index (χ3n) is 6.71. The van der Waals surface area contributed by atoms with Gasteiger partial charge in [0.2, 0.25) is 11.5 Å². The summed E-state index contributed by atoms with van der Waals surface area (Å²) in [7, 11) is -3.15. The highest BCUT2D eigenvalue weighted by atomic mass is 31.1. The molecule has 0 aliphatic rings. The Balaban J connectivity index is 1.89. The van der Waals surface area contributed by atoms with E-state index in [0.29, 0.717) is 17.2 Å². The molecule has 4 aromatic carbocycles. The molecule has 3 nitrogen and oxygen atoms in total. The Hall–Kier alpha value is -3.21. The lowest BCUT2D eigenvalue weighted by atomic mass is 10.2. The predicted octanol–water partition coefficient (Wildman–Crippen LogP) is 12.0. The fourth-order valence-corrected chi connectivity index (χ4v) is 8.69. The van der Waals surface area contributed by atoms with Crippen molar-refractivity contribution < 1.29 is 13.6 Å². The molecule has 0 amide bonds. The van der Waals surface area contributed by atoms with Gasteiger partial charge in [0.1, 0.15) is 0 Å². The topological polar surface area (TPSA) is 27.7 Å². The van der Waals surface area contributed by atoms with Crippen molar-refractivity contribution in [2.45, 2.75) is 77.8 Å². The maximum absolute atomic E-state index is 7.12. The van der Waals surface area contributed by atoms with E-state index in [9.17, 15) is 0 Å². The molecular weight excluding hydrogens is 609 g/mol. The first-order valence-electron chi connectivity index (χ1n) is 15.4. The third-order valence-corrected chi connectivity index (χ3v) is 13.4. The molecule has 4 rings (SSSR count). The van der Waals surface area contributed by atoms with Crippen LogP contribution in [-0.2, 0) is 0 Å². The second kappa shape index (κ2) is 14.9. The highest BCUT2D eigenvalue weighted by Crippen LogP contribution is 2.54. The van der Waals surface area contributed by atoms with E-state index < -0.39 is 23.3 Å². The zero-order valence-electron chi connectivity index (χ0n) is 28.2. The molecule has 0 aromatic heterocycles. The molecule has 0 aliphatic heterocycles. The Morgan fingerprint density at radius 1 is 0.378 bits per heavy atom. The Morgan fingerprint density at radius 2 is 0.667 bits per heavy atom. The van der Waals surface area contributed by atoms with Gasteiger partial charge in [-0.25, -0.2) is 0 Å². The molecule has 0 N–H and O–H groups in total. The first-order valence-corrected chi connectivity index (χ1v) is 19.4. The van der Waals surface area contributed by atoms with Crippen LogP contribution in [0.15, 0.2) is 109 Å². The lowest BCUT2D eigenvalue weighted by Gasteiger charge is -2.17. The minimum Gasteiger partial charge on any atom is -0.287 e. The summed E-state index contributed by atoms with van der Waals surface area (Å²) < 4.78 is 21.1. The summed E-state index contributed by atoms with van der Waals surface area (Å²) in [5.41, 5.74) is 3.44. The van der Waals surface area contributed by atoms with E-state index in [1.54, 1.807) is 0 Å². The van der Waals surface area contributed by atoms with Crippen molar-refractivity contribution in [3.8, 4) is 17.2 Å². The number of benzene rings is 4. The van der Waals surface area contributed by atoms with Crippen molar-refractivity contribution in [1.29, 1.82) is 0 Å². The maximum atomic E-state index is 7.12. The average Bonchev–Trinajstić information content (AvgIpc) is 2.97. The molecule has 6 heteroatoms. The maximum Gasteiger partial charge on any atom is 0.313 e. The van der Waals surface area contributed by atoms with Crippen molar-refractivity contribution in [3.63, 3.8) is 0 Å². The van der Waals surface area contributed by atoms with Gasteiger partial charge in [0.05, 0.1) is 0 Å². The summed E-state index contributed by atoms with van der Waals surface area (Å²) in [6.45, 7) is 20.1. The van der Waals surface area contributed by atoms with Crippen LogP contribution in [0.3, 0.4) is 0 Å². The normalized spacial score (nSPS) is 13.4. The van der Waals surface area contributed by atoms with E-state index in [0.717, 1.165) is 16.7 Å². The standard InChI is InChI=1S/C39H48O3P3/c1-37(2,3)43(28-31-20-13-10-14-21-31)40-34-26-19-27-35(41-44(38(4,5)6)29-32-22-15-11-16-23-32)36(34)42-45(39(7,8)9)30-33-24-17-12-18-25-33/h10-30H,1-9H3/q+3. The summed E-state index contributed by atoms with van der Waals surface area (Å²) in [6, 6.07) is 37.4. The molecule has 0 radical (unpaired) electrons. The number of hydrogen-bond acceptors (Lipinski definition) is 3. The SMILES string of the molecule is CC(C)(C)[P+](=Cc1ccccc1)Oc1cccc(O[P+](=Cc2ccccc2)C(C)(C)C)c1O[P+](=Cc1ccccc1)C(C)(C)C. The minimum atomic E-state index is -1.08. The van der Waals surface area contributed by atoms with E-state index >= 15 is 0 Å². The molecule has 3 unspecified atom stereocenters. The van der Waals surface area contributed by atoms with Gasteiger partial charge < -0.3 is 0 Å². The van der Waals surface area contributed by atoms with Crippen molar-refractivity contribution >= 4 is 40.7 Å². The van der Waals surface area contributed by atoms with Crippen LogP contribution in [-0.4, -0.2) is 32.9 Å². The van der Waals surface area contributed by atoms with Crippen molar-refractivity contribution in [1.82, 2.24) is 0 Å². The second-order valence-corrected chi connectivity index (χ2v) is 21.3. The fraction of sp³-hybridized carbons (Fsp3) is 0.308. The summed E-state index contributed by atoms with van der Waals surface area (Å²) in [5, 5.41) is -0.349. The van der Waals surface area contributed by atoms with Gasteiger partial charge in [-0.05, 0) is 74.4 Å². The zero-order valence-corrected chi connectivity index (χ0v) is 30.9. The van der Waals surface area contributed by atoms with E-state index in [1.807, 2.05) is 36.4 Å². The molecule has 45 heavy (non-hydrogen) atoms. The van der Waals surface area contributed by atoms with Gasteiger partial charge in [-0.15, -0.1) is 0 Å². The summed E-state index contributed by atoms with van der Waals surface area (Å²) in [4.78, 5) is 0. The van der Waals surface area contributed by atoms with Gasteiger partial charge in [0, 0.05) is 16.7 Å². The second-order valence-electron chi connectivity index (χ2n) is 14.0. The van der Waals surface area contributed by atoms with Crippen molar-refractivity contribution in [2.75, 3.05) is 0 Å². The van der Waals surface area contributed by atoms with E-state index in [4.69, 9.17) is 13.6 Å². The molecule has 234 valence electrons. The molecule has 0 bridgehead atoms. The first kappa shape index (κ1) is 34.7. The highest BCUT2D eigenvalue weighted by molar-refractivity contribution is 7.55. The first-order chi connectivity index (χ1) is 21.2. The monoisotopic (exact) mass is 657 g/mol. The molecular formula is C39H48O3P3+3. The third kappa shape index (κ3) is 10.4. The van der Waals surface area contributed by atoms with Gasteiger partial charge in [-0.2, -0.15) is 0 Å². The van der Waals surface area contributed by atoms with Crippen LogP contribution in [0.2, 0.25) is 0 Å². The Labute approximate surface area is 274 Å². The van der Waals surface area contributed by atoms with Crippen LogP contribution in [0.1, 0.15) is 79.0 Å². The Morgan fingerprint density at radius 3 is 0.956 bits per heavy atom. The van der Waals surface area contributed by atoms with E-state index in [-0.39, 0.29) is 15.5 Å². The van der Waals surface area contributed by atoms with Crippen LogP contribution in [0.4, 0.5) is 0 Å². The van der Waals surface area contributed by atoms with Crippen molar-refractivity contribution in [3.05, 3.63) is 126 Å². The quantitative estimate of drug-likeness (QED) is 0.168. The molecule has 0 fully saturated rings. The Kier molecular flexibility index (Phi) is 11.5. The number of rotatable bonds is 9. The molecule has 0 saturated heterocycles. The fourth-order valence-electron chi connectivity index (χ4n) is 4.13. The Bertz CT molecular complexity index is 1550. The van der Waals surface area contributed by atoms with Gasteiger partial charge in [-0.3, -0.25) is 13.6 Å². The van der Waals surface area contributed by atoms with Crippen LogP contribution in [0.25, 0.3) is 0 Å². The summed E-state index contributed by atoms with van der Waals surface area (Å²) >= 11 is 0. The molecule has 4 aromatic rings. The van der Waals surface area contributed by atoms with Crippen LogP contribution in [0.5, 0.6) is 17.2 Å². The molecule has 0 spiro atoms. The van der Waals surface area contributed by atoms with E-state index in [1.165, 1.54) is 0 Å². The van der Waals surface area contributed by atoms with Crippen LogP contribution in [0, 0.1) is 0 Å². The molecule has 3 atom stereocenters. The van der Waals surface area contributed by atoms with Gasteiger partial charge in [-0.1, -0.05) is 97.1 Å². The number of hydrogen-bond donors (Lipinski definition) is 0. The largest absolute Gasteiger partial charge is 0.313 e. The summed E-state index contributed by atoms with van der Waals surface area (Å²) in [5.74, 6) is 8.88. The van der Waals surface area contributed by atoms with Gasteiger partial charge in [0.15, 0.2) is 32.9 Å². The van der Waals surface area contributed by atoms with Crippen LogP contribution >= 0.6 is 23.3 Å². The van der Waals surface area contributed by atoms with Crippen LogP contribution < -0.4 is 13.6 Å². The van der Waals surface area contributed by atoms with Gasteiger partial charge in [0.25, 0.3) is 5.75 Å². The lowest BCUT2D eigenvalue weighted by molar-refractivity contribution is 0.495. The van der Waals surface area contributed by atoms with E-state index in [2.05, 4.69) is 152 Å². The zero-order chi connectivity index (χ0) is 32.7. The lowest BCUT2D eigenvalue weighted by Crippen LogP contribution is -2.15. The molecule has 0 saturated carbocycles.